The SMILES string of the molecule is CCOc1cc(C=CCNC(C)(C)C)cc(Br)c1OC. The fourth-order valence-electron chi connectivity index (χ4n) is 1.71. The minimum Gasteiger partial charge on any atom is -0.492 e. The molecule has 1 aromatic carbocycles. The van der Waals surface area contributed by atoms with Crippen LogP contribution in [0.4, 0.5) is 0 Å². The number of hydrogen-bond acceptors (Lipinski definition) is 3. The van der Waals surface area contributed by atoms with E-state index in [1.165, 1.54) is 0 Å². The standard InChI is InChI=1S/C16H24BrNO2/c1-6-20-14-11-12(10-13(17)15(14)19-5)8-7-9-18-16(2,3)4/h7-8,10-11,18H,6,9H2,1-5H3. The van der Waals surface area contributed by atoms with Gasteiger partial charge in [-0.1, -0.05) is 12.2 Å². The molecule has 0 fully saturated rings. The molecule has 0 atom stereocenters. The molecule has 1 N–H and O–H groups in total. The molecule has 0 spiro atoms. The topological polar surface area (TPSA) is 30.5 Å². The molecule has 0 aliphatic carbocycles. The highest BCUT2D eigenvalue weighted by Crippen LogP contribution is 2.36. The Kier molecular flexibility index (Phi) is 6.56. The number of halogens is 1. The monoisotopic (exact) mass is 341 g/mol. The zero-order chi connectivity index (χ0) is 15.2. The van der Waals surface area contributed by atoms with Crippen LogP contribution in [0, 0.1) is 0 Å². The number of methoxy groups -OCH3 is 1. The maximum Gasteiger partial charge on any atom is 0.174 e. The molecular weight excluding hydrogens is 318 g/mol. The number of nitrogens with one attached hydrogen (secondary N) is 1. The highest BCUT2D eigenvalue weighted by atomic mass is 79.9. The van der Waals surface area contributed by atoms with Crippen molar-refractivity contribution in [1.29, 1.82) is 0 Å². The van der Waals surface area contributed by atoms with E-state index in [9.17, 15) is 0 Å². The fourth-order valence-corrected chi connectivity index (χ4v) is 2.33. The number of benzene rings is 1. The van der Waals surface area contributed by atoms with Gasteiger partial charge in [0.2, 0.25) is 0 Å². The van der Waals surface area contributed by atoms with Gasteiger partial charge in [0.05, 0.1) is 18.2 Å². The van der Waals surface area contributed by atoms with Crippen LogP contribution in [0.2, 0.25) is 0 Å². The van der Waals surface area contributed by atoms with Crippen LogP contribution in [0.25, 0.3) is 6.08 Å². The maximum atomic E-state index is 5.61. The molecule has 0 amide bonds. The summed E-state index contributed by atoms with van der Waals surface area (Å²) < 4.78 is 11.8. The minimum atomic E-state index is 0.126. The Bertz CT molecular complexity index is 464. The number of hydrogen-bond donors (Lipinski definition) is 1. The Morgan fingerprint density at radius 2 is 2.00 bits per heavy atom. The van der Waals surface area contributed by atoms with E-state index in [-0.39, 0.29) is 5.54 Å². The van der Waals surface area contributed by atoms with Crippen LogP contribution in [0.3, 0.4) is 0 Å². The molecule has 0 saturated heterocycles. The van der Waals surface area contributed by atoms with Gasteiger partial charge < -0.3 is 14.8 Å². The molecule has 4 heteroatoms. The van der Waals surface area contributed by atoms with E-state index in [0.29, 0.717) is 6.61 Å². The van der Waals surface area contributed by atoms with Gasteiger partial charge in [0.1, 0.15) is 0 Å². The Hall–Kier alpha value is -1.00. The lowest BCUT2D eigenvalue weighted by Gasteiger charge is -2.19. The highest BCUT2D eigenvalue weighted by Gasteiger charge is 2.10. The summed E-state index contributed by atoms with van der Waals surface area (Å²) in [5.74, 6) is 1.49. The lowest BCUT2D eigenvalue weighted by Crippen LogP contribution is -2.35. The average molecular weight is 342 g/mol. The van der Waals surface area contributed by atoms with Crippen LogP contribution < -0.4 is 14.8 Å². The van der Waals surface area contributed by atoms with Crippen LogP contribution in [-0.4, -0.2) is 25.8 Å². The van der Waals surface area contributed by atoms with Gasteiger partial charge in [-0.3, -0.25) is 0 Å². The van der Waals surface area contributed by atoms with Crippen molar-refractivity contribution >= 4 is 22.0 Å². The van der Waals surface area contributed by atoms with Crippen molar-refractivity contribution in [3.63, 3.8) is 0 Å². The summed E-state index contributed by atoms with van der Waals surface area (Å²) in [6.45, 7) is 9.86. The van der Waals surface area contributed by atoms with Crippen molar-refractivity contribution < 1.29 is 9.47 Å². The first-order valence-electron chi connectivity index (χ1n) is 6.79. The number of rotatable bonds is 6. The summed E-state index contributed by atoms with van der Waals surface area (Å²) >= 11 is 3.51. The lowest BCUT2D eigenvalue weighted by molar-refractivity contribution is 0.310. The largest absolute Gasteiger partial charge is 0.492 e. The molecular formula is C16H24BrNO2. The van der Waals surface area contributed by atoms with Crippen LogP contribution in [0.5, 0.6) is 11.5 Å². The molecule has 0 aliphatic heterocycles. The van der Waals surface area contributed by atoms with Crippen molar-refractivity contribution in [2.45, 2.75) is 33.2 Å². The van der Waals surface area contributed by atoms with Crippen LogP contribution in [-0.2, 0) is 0 Å². The van der Waals surface area contributed by atoms with E-state index < -0.39 is 0 Å². The minimum absolute atomic E-state index is 0.126. The van der Waals surface area contributed by atoms with Crippen LogP contribution >= 0.6 is 15.9 Å². The summed E-state index contributed by atoms with van der Waals surface area (Å²) in [5, 5.41) is 3.41. The third kappa shape index (κ3) is 5.55. The second-order valence-corrected chi connectivity index (χ2v) is 6.35. The third-order valence-electron chi connectivity index (χ3n) is 2.60. The first-order chi connectivity index (χ1) is 9.37. The summed E-state index contributed by atoms with van der Waals surface area (Å²) in [6, 6.07) is 4.01. The van der Waals surface area contributed by atoms with Crippen molar-refractivity contribution in [1.82, 2.24) is 5.32 Å². The molecule has 20 heavy (non-hydrogen) atoms. The molecule has 3 nitrogen and oxygen atoms in total. The Labute approximate surface area is 130 Å². The molecule has 0 radical (unpaired) electrons. The lowest BCUT2D eigenvalue weighted by atomic mass is 10.1. The van der Waals surface area contributed by atoms with Gasteiger partial charge >= 0.3 is 0 Å². The predicted octanol–water partition coefficient (Wildman–Crippen LogP) is 4.26. The van der Waals surface area contributed by atoms with E-state index in [2.05, 4.69) is 54.2 Å². The molecule has 0 heterocycles. The van der Waals surface area contributed by atoms with Gasteiger partial charge in [0.15, 0.2) is 11.5 Å². The van der Waals surface area contributed by atoms with Gasteiger partial charge in [-0.25, -0.2) is 0 Å². The van der Waals surface area contributed by atoms with Gasteiger partial charge in [0.25, 0.3) is 0 Å². The molecule has 112 valence electrons. The second kappa shape index (κ2) is 7.70. The third-order valence-corrected chi connectivity index (χ3v) is 3.19. The fraction of sp³-hybridized carbons (Fsp3) is 0.500. The summed E-state index contributed by atoms with van der Waals surface area (Å²) in [7, 11) is 1.64. The zero-order valence-electron chi connectivity index (χ0n) is 12.9. The van der Waals surface area contributed by atoms with Gasteiger partial charge in [0, 0.05) is 12.1 Å². The summed E-state index contributed by atoms with van der Waals surface area (Å²) in [4.78, 5) is 0. The van der Waals surface area contributed by atoms with Crippen LogP contribution in [0.15, 0.2) is 22.7 Å². The molecule has 0 bridgehead atoms. The highest BCUT2D eigenvalue weighted by molar-refractivity contribution is 9.10. The van der Waals surface area contributed by atoms with Gasteiger partial charge in [-0.05, 0) is 61.3 Å². The summed E-state index contributed by atoms with van der Waals surface area (Å²) in [5.41, 5.74) is 1.21. The smallest absolute Gasteiger partial charge is 0.174 e. The normalized spacial score (nSPS) is 11.9. The maximum absolute atomic E-state index is 5.61. The van der Waals surface area contributed by atoms with Crippen molar-refractivity contribution in [3.05, 3.63) is 28.2 Å². The summed E-state index contributed by atoms with van der Waals surface area (Å²) in [6.07, 6.45) is 4.18. The Morgan fingerprint density at radius 1 is 1.30 bits per heavy atom. The molecule has 1 aromatic rings. The van der Waals surface area contributed by atoms with E-state index >= 15 is 0 Å². The van der Waals surface area contributed by atoms with Gasteiger partial charge in [-0.15, -0.1) is 0 Å². The van der Waals surface area contributed by atoms with Crippen molar-refractivity contribution in [2.75, 3.05) is 20.3 Å². The van der Waals surface area contributed by atoms with E-state index in [1.807, 2.05) is 19.1 Å². The molecule has 1 rings (SSSR count). The Balaban J connectivity index is 2.83. The quantitative estimate of drug-likeness (QED) is 0.838. The second-order valence-electron chi connectivity index (χ2n) is 5.50. The van der Waals surface area contributed by atoms with E-state index in [0.717, 1.165) is 28.1 Å². The average Bonchev–Trinajstić information content (AvgIpc) is 2.34. The number of ether oxygens (including phenoxy) is 2. The van der Waals surface area contributed by atoms with E-state index in [1.54, 1.807) is 7.11 Å². The van der Waals surface area contributed by atoms with E-state index in [4.69, 9.17) is 9.47 Å². The molecule has 0 aromatic heterocycles. The van der Waals surface area contributed by atoms with Crippen molar-refractivity contribution in [2.24, 2.45) is 0 Å². The first kappa shape index (κ1) is 17.1. The van der Waals surface area contributed by atoms with Crippen LogP contribution in [0.1, 0.15) is 33.3 Å². The first-order valence-corrected chi connectivity index (χ1v) is 7.58. The molecule has 0 aliphatic rings. The zero-order valence-corrected chi connectivity index (χ0v) is 14.5. The molecule has 0 unspecified atom stereocenters. The van der Waals surface area contributed by atoms with Crippen molar-refractivity contribution in [3.8, 4) is 11.5 Å². The van der Waals surface area contributed by atoms with Gasteiger partial charge in [-0.2, -0.15) is 0 Å². The predicted molar refractivity (Wildman–Crippen MR) is 88.7 cm³/mol. The Morgan fingerprint density at radius 3 is 2.55 bits per heavy atom. The molecule has 0 saturated carbocycles.